The van der Waals surface area contributed by atoms with Crippen LogP contribution in [0.1, 0.15) is 18.1 Å². The Morgan fingerprint density at radius 3 is 2.46 bits per heavy atom. The van der Waals surface area contributed by atoms with E-state index in [1.165, 1.54) is 5.56 Å². The highest BCUT2D eigenvalue weighted by atomic mass is 35.5. The van der Waals surface area contributed by atoms with Gasteiger partial charge in [-0.1, -0.05) is 35.4 Å². The Morgan fingerprint density at radius 1 is 1.08 bits per heavy atom. The fourth-order valence-electron chi connectivity index (χ4n) is 3.40. The second-order valence-corrected chi connectivity index (χ2v) is 7.42. The second kappa shape index (κ2) is 8.11. The maximum Gasteiger partial charge on any atom is 0.241 e. The molecule has 1 saturated heterocycles. The number of nitrogens with zero attached hydrogens (tertiary/aromatic N) is 2. The van der Waals surface area contributed by atoms with Crippen LogP contribution in [0, 0.1) is 13.8 Å². The van der Waals surface area contributed by atoms with Crippen molar-refractivity contribution in [2.45, 2.75) is 26.8 Å². The molecule has 0 unspecified atom stereocenters. The zero-order valence-electron chi connectivity index (χ0n) is 15.6. The Balaban J connectivity index is 1.57. The summed E-state index contributed by atoms with van der Waals surface area (Å²) in [4.78, 5) is 17.2. The predicted octanol–water partition coefficient (Wildman–Crippen LogP) is 4.11. The molecular weight excluding hydrogens is 346 g/mol. The number of halogens is 1. The van der Waals surface area contributed by atoms with Crippen LogP contribution in [0.4, 0.5) is 11.4 Å². The lowest BCUT2D eigenvalue weighted by Gasteiger charge is -2.38. The zero-order valence-corrected chi connectivity index (χ0v) is 16.4. The molecule has 1 N–H and O–H groups in total. The molecule has 1 amide bonds. The molecule has 2 aromatic carbocycles. The first-order valence-electron chi connectivity index (χ1n) is 9.07. The molecule has 2 aromatic rings. The third kappa shape index (κ3) is 4.37. The molecule has 1 atom stereocenters. The van der Waals surface area contributed by atoms with Crippen molar-refractivity contribution in [2.24, 2.45) is 0 Å². The van der Waals surface area contributed by atoms with Crippen molar-refractivity contribution in [1.29, 1.82) is 0 Å². The molecular formula is C21H26ClN3O. The molecule has 0 aliphatic carbocycles. The number of carbonyl (C=O) groups is 1. The lowest BCUT2D eigenvalue weighted by Crippen LogP contribution is -2.52. The minimum atomic E-state index is -0.155. The van der Waals surface area contributed by atoms with Gasteiger partial charge >= 0.3 is 0 Å². The average molecular weight is 372 g/mol. The standard InChI is InChI=1S/C21H26ClN3O/c1-15-7-8-20(16(2)13-15)23-21(26)17(3)24-9-11-25(12-10-24)19-6-4-5-18(22)14-19/h4-8,13-14,17H,9-12H2,1-3H3,(H,23,26)/t17-/m1/s1. The Morgan fingerprint density at radius 2 is 1.81 bits per heavy atom. The van der Waals surface area contributed by atoms with Crippen LogP contribution in [0.5, 0.6) is 0 Å². The lowest BCUT2D eigenvalue weighted by atomic mass is 10.1. The summed E-state index contributed by atoms with van der Waals surface area (Å²) in [6.07, 6.45) is 0. The number of carbonyl (C=O) groups excluding carboxylic acids is 1. The van der Waals surface area contributed by atoms with Gasteiger partial charge in [0.25, 0.3) is 0 Å². The Kier molecular flexibility index (Phi) is 5.84. The monoisotopic (exact) mass is 371 g/mol. The highest BCUT2D eigenvalue weighted by Crippen LogP contribution is 2.22. The average Bonchev–Trinajstić information content (AvgIpc) is 2.63. The van der Waals surface area contributed by atoms with Crippen molar-refractivity contribution < 1.29 is 4.79 Å². The van der Waals surface area contributed by atoms with E-state index >= 15 is 0 Å². The summed E-state index contributed by atoms with van der Waals surface area (Å²) in [7, 11) is 0. The number of aryl methyl sites for hydroxylation is 2. The minimum absolute atomic E-state index is 0.0492. The van der Waals surface area contributed by atoms with Crippen LogP contribution in [0.3, 0.4) is 0 Å². The van der Waals surface area contributed by atoms with Gasteiger partial charge in [-0.2, -0.15) is 0 Å². The molecule has 1 fully saturated rings. The molecule has 5 heteroatoms. The summed E-state index contributed by atoms with van der Waals surface area (Å²) in [5.74, 6) is 0.0492. The molecule has 4 nitrogen and oxygen atoms in total. The van der Waals surface area contributed by atoms with Gasteiger partial charge in [0.2, 0.25) is 5.91 Å². The highest BCUT2D eigenvalue weighted by molar-refractivity contribution is 6.30. The van der Waals surface area contributed by atoms with E-state index in [0.717, 1.165) is 48.1 Å². The number of rotatable bonds is 4. The Bertz CT molecular complexity index is 785. The molecule has 0 radical (unpaired) electrons. The number of nitrogens with one attached hydrogen (secondary N) is 1. The third-order valence-electron chi connectivity index (χ3n) is 5.05. The molecule has 1 heterocycles. The van der Waals surface area contributed by atoms with Gasteiger partial charge in [0.1, 0.15) is 0 Å². The number of amides is 1. The summed E-state index contributed by atoms with van der Waals surface area (Å²) in [6.45, 7) is 9.55. The van der Waals surface area contributed by atoms with Gasteiger partial charge in [0, 0.05) is 42.6 Å². The van der Waals surface area contributed by atoms with Crippen LogP contribution in [-0.4, -0.2) is 43.0 Å². The smallest absolute Gasteiger partial charge is 0.241 e. The molecule has 0 aromatic heterocycles. The van der Waals surface area contributed by atoms with Gasteiger partial charge < -0.3 is 10.2 Å². The van der Waals surface area contributed by atoms with Crippen molar-refractivity contribution in [1.82, 2.24) is 4.90 Å². The number of hydrogen-bond donors (Lipinski definition) is 1. The van der Waals surface area contributed by atoms with Crippen LogP contribution in [0.2, 0.25) is 5.02 Å². The summed E-state index contributed by atoms with van der Waals surface area (Å²) in [5.41, 5.74) is 4.33. The second-order valence-electron chi connectivity index (χ2n) is 6.99. The summed E-state index contributed by atoms with van der Waals surface area (Å²) in [5, 5.41) is 3.83. The molecule has 0 saturated carbocycles. The first-order valence-corrected chi connectivity index (χ1v) is 9.44. The van der Waals surface area contributed by atoms with Gasteiger partial charge in [-0.15, -0.1) is 0 Å². The van der Waals surface area contributed by atoms with E-state index in [0.29, 0.717) is 0 Å². The molecule has 3 rings (SSSR count). The molecule has 1 aliphatic heterocycles. The van der Waals surface area contributed by atoms with Crippen molar-refractivity contribution in [3.05, 3.63) is 58.6 Å². The number of anilines is 2. The van der Waals surface area contributed by atoms with Crippen LogP contribution < -0.4 is 10.2 Å². The largest absolute Gasteiger partial charge is 0.369 e. The van der Waals surface area contributed by atoms with E-state index in [9.17, 15) is 4.79 Å². The van der Waals surface area contributed by atoms with E-state index < -0.39 is 0 Å². The maximum atomic E-state index is 12.7. The summed E-state index contributed by atoms with van der Waals surface area (Å²) < 4.78 is 0. The quantitative estimate of drug-likeness (QED) is 0.878. The number of hydrogen-bond acceptors (Lipinski definition) is 3. The van der Waals surface area contributed by atoms with E-state index in [1.54, 1.807) is 0 Å². The zero-order chi connectivity index (χ0) is 18.7. The van der Waals surface area contributed by atoms with Crippen molar-refractivity contribution >= 4 is 28.9 Å². The third-order valence-corrected chi connectivity index (χ3v) is 5.29. The number of benzene rings is 2. The lowest BCUT2D eigenvalue weighted by molar-refractivity contribution is -0.120. The van der Waals surface area contributed by atoms with Crippen molar-refractivity contribution in [3.63, 3.8) is 0 Å². The van der Waals surface area contributed by atoms with E-state index in [1.807, 2.05) is 44.2 Å². The van der Waals surface area contributed by atoms with Crippen molar-refractivity contribution in [2.75, 3.05) is 36.4 Å². The van der Waals surface area contributed by atoms with Gasteiger partial charge in [-0.25, -0.2) is 0 Å². The molecule has 138 valence electrons. The van der Waals surface area contributed by atoms with Gasteiger partial charge in [0.05, 0.1) is 6.04 Å². The summed E-state index contributed by atoms with van der Waals surface area (Å²) in [6, 6.07) is 13.9. The van der Waals surface area contributed by atoms with Gasteiger partial charge in [0.15, 0.2) is 0 Å². The van der Waals surface area contributed by atoms with Gasteiger partial charge in [-0.3, -0.25) is 9.69 Å². The Hall–Kier alpha value is -2.04. The van der Waals surface area contributed by atoms with Crippen LogP contribution >= 0.6 is 11.6 Å². The first-order chi connectivity index (χ1) is 12.4. The highest BCUT2D eigenvalue weighted by Gasteiger charge is 2.26. The fourth-order valence-corrected chi connectivity index (χ4v) is 3.58. The van der Waals surface area contributed by atoms with Crippen LogP contribution in [-0.2, 0) is 4.79 Å². The van der Waals surface area contributed by atoms with Crippen LogP contribution in [0.15, 0.2) is 42.5 Å². The molecule has 1 aliphatic rings. The Labute approximate surface area is 160 Å². The van der Waals surface area contributed by atoms with Crippen LogP contribution in [0.25, 0.3) is 0 Å². The fraction of sp³-hybridized carbons (Fsp3) is 0.381. The summed E-state index contributed by atoms with van der Waals surface area (Å²) >= 11 is 6.09. The molecule has 0 spiro atoms. The van der Waals surface area contributed by atoms with Gasteiger partial charge in [-0.05, 0) is 50.6 Å². The number of piperazine rings is 1. The normalized spacial score (nSPS) is 16.4. The maximum absolute atomic E-state index is 12.7. The van der Waals surface area contributed by atoms with E-state index in [4.69, 9.17) is 11.6 Å². The van der Waals surface area contributed by atoms with Crippen molar-refractivity contribution in [3.8, 4) is 0 Å². The molecule has 26 heavy (non-hydrogen) atoms. The molecule has 0 bridgehead atoms. The van der Waals surface area contributed by atoms with E-state index in [-0.39, 0.29) is 11.9 Å². The minimum Gasteiger partial charge on any atom is -0.369 e. The topological polar surface area (TPSA) is 35.6 Å². The first kappa shape index (κ1) is 18.7. The predicted molar refractivity (Wildman–Crippen MR) is 109 cm³/mol. The SMILES string of the molecule is Cc1ccc(NC(=O)[C@@H](C)N2CCN(c3cccc(Cl)c3)CC2)c(C)c1. The van der Waals surface area contributed by atoms with E-state index in [2.05, 4.69) is 34.2 Å².